The third-order valence-electron chi connectivity index (χ3n) is 1.29. The fourth-order valence-electron chi connectivity index (χ4n) is 0.715. The van der Waals surface area contributed by atoms with Gasteiger partial charge in [-0.25, -0.2) is 10.2 Å². The maximum Gasteiger partial charge on any atom is 0.338 e. The summed E-state index contributed by atoms with van der Waals surface area (Å²) in [6, 6.07) is 0. The summed E-state index contributed by atoms with van der Waals surface area (Å²) in [7, 11) is 1.71. The van der Waals surface area contributed by atoms with Crippen LogP contribution in [0.2, 0.25) is 0 Å². The van der Waals surface area contributed by atoms with Crippen molar-refractivity contribution in [3.8, 4) is 0 Å². The van der Waals surface area contributed by atoms with E-state index in [9.17, 15) is 4.79 Å². The highest BCUT2D eigenvalue weighted by Crippen LogP contribution is 1.99. The highest BCUT2D eigenvalue weighted by Gasteiger charge is 2.09. The van der Waals surface area contributed by atoms with E-state index in [1.54, 1.807) is 12.1 Å². The molecular weight excluding hydrogens is 146 g/mol. The molecule has 0 amide bonds. The molecular formula is C6H9N3O2. The molecule has 0 saturated carbocycles. The summed E-state index contributed by atoms with van der Waals surface area (Å²) in [5.41, 5.74) is 2.95. The SMILES string of the molecule is CNN1C=C(C(=O)O)C=NC1. The van der Waals surface area contributed by atoms with Gasteiger partial charge in [0.1, 0.15) is 6.67 Å². The molecule has 0 aromatic carbocycles. The van der Waals surface area contributed by atoms with Gasteiger partial charge in [0.2, 0.25) is 0 Å². The minimum absolute atomic E-state index is 0.186. The summed E-state index contributed by atoms with van der Waals surface area (Å²) in [5.74, 6) is -0.964. The summed E-state index contributed by atoms with van der Waals surface area (Å²) < 4.78 is 0. The molecule has 0 aromatic heterocycles. The number of carboxylic acids is 1. The van der Waals surface area contributed by atoms with Crippen molar-refractivity contribution in [3.63, 3.8) is 0 Å². The second kappa shape index (κ2) is 3.16. The Morgan fingerprint density at radius 2 is 2.64 bits per heavy atom. The summed E-state index contributed by atoms with van der Waals surface area (Å²) in [5, 5.41) is 10.1. The van der Waals surface area contributed by atoms with Gasteiger partial charge in [0.05, 0.1) is 5.57 Å². The van der Waals surface area contributed by atoms with Gasteiger partial charge in [0.25, 0.3) is 0 Å². The lowest BCUT2D eigenvalue weighted by atomic mass is 10.3. The third-order valence-corrected chi connectivity index (χ3v) is 1.29. The molecule has 0 unspecified atom stereocenters. The molecule has 0 radical (unpaired) electrons. The highest BCUT2D eigenvalue weighted by molar-refractivity contribution is 6.08. The van der Waals surface area contributed by atoms with E-state index in [0.717, 1.165) is 0 Å². The van der Waals surface area contributed by atoms with Gasteiger partial charge in [-0.2, -0.15) is 0 Å². The number of aliphatic carboxylic acids is 1. The number of rotatable bonds is 2. The first-order valence-corrected chi connectivity index (χ1v) is 3.13. The zero-order valence-electron chi connectivity index (χ0n) is 6.11. The van der Waals surface area contributed by atoms with Crippen LogP contribution in [0, 0.1) is 0 Å². The molecule has 0 atom stereocenters. The molecule has 1 heterocycles. The maximum atomic E-state index is 10.4. The van der Waals surface area contributed by atoms with Crippen LogP contribution in [0.3, 0.4) is 0 Å². The number of carbonyl (C=O) groups is 1. The van der Waals surface area contributed by atoms with Gasteiger partial charge in [-0.3, -0.25) is 10.0 Å². The van der Waals surface area contributed by atoms with Crippen molar-refractivity contribution >= 4 is 12.2 Å². The monoisotopic (exact) mass is 155 g/mol. The summed E-state index contributed by atoms with van der Waals surface area (Å²) in [6.07, 6.45) is 2.84. The summed E-state index contributed by atoms with van der Waals surface area (Å²) in [4.78, 5) is 14.2. The van der Waals surface area contributed by atoms with Crippen LogP contribution in [0.4, 0.5) is 0 Å². The van der Waals surface area contributed by atoms with E-state index >= 15 is 0 Å². The number of aliphatic imine (C=N–C) groups is 1. The molecule has 0 spiro atoms. The predicted molar refractivity (Wildman–Crippen MR) is 40.0 cm³/mol. The van der Waals surface area contributed by atoms with E-state index in [-0.39, 0.29) is 5.57 Å². The molecule has 60 valence electrons. The van der Waals surface area contributed by atoms with Gasteiger partial charge in [0, 0.05) is 19.5 Å². The third kappa shape index (κ3) is 1.78. The first-order chi connectivity index (χ1) is 5.24. The second-order valence-electron chi connectivity index (χ2n) is 2.04. The van der Waals surface area contributed by atoms with Crippen molar-refractivity contribution in [2.24, 2.45) is 4.99 Å². The smallest absolute Gasteiger partial charge is 0.338 e. The molecule has 0 aliphatic carbocycles. The predicted octanol–water partition coefficient (Wildman–Crippen LogP) is -0.567. The molecule has 0 bridgehead atoms. The topological polar surface area (TPSA) is 64.9 Å². The van der Waals surface area contributed by atoms with Gasteiger partial charge >= 0.3 is 5.97 Å². The van der Waals surface area contributed by atoms with E-state index in [1.165, 1.54) is 12.4 Å². The number of hydrogen-bond donors (Lipinski definition) is 2. The zero-order chi connectivity index (χ0) is 8.27. The first-order valence-electron chi connectivity index (χ1n) is 3.13. The number of carboxylic acid groups (broad SMARTS) is 1. The van der Waals surface area contributed by atoms with Crippen LogP contribution in [-0.2, 0) is 4.79 Å². The minimum Gasteiger partial charge on any atom is -0.478 e. The van der Waals surface area contributed by atoms with E-state index in [4.69, 9.17) is 5.11 Å². The van der Waals surface area contributed by atoms with Crippen LogP contribution < -0.4 is 5.43 Å². The van der Waals surface area contributed by atoms with E-state index in [2.05, 4.69) is 10.4 Å². The Bertz CT molecular complexity index is 222. The molecule has 1 rings (SSSR count). The first kappa shape index (κ1) is 7.74. The van der Waals surface area contributed by atoms with Crippen LogP contribution in [0.15, 0.2) is 16.8 Å². The second-order valence-corrected chi connectivity index (χ2v) is 2.04. The van der Waals surface area contributed by atoms with Crippen molar-refractivity contribution in [2.75, 3.05) is 13.7 Å². The van der Waals surface area contributed by atoms with Crippen molar-refractivity contribution in [3.05, 3.63) is 11.8 Å². The molecule has 5 heteroatoms. The molecule has 5 nitrogen and oxygen atoms in total. The Morgan fingerprint density at radius 1 is 1.91 bits per heavy atom. The Morgan fingerprint density at radius 3 is 3.18 bits per heavy atom. The van der Waals surface area contributed by atoms with E-state index in [0.29, 0.717) is 6.67 Å². The van der Waals surface area contributed by atoms with Crippen LogP contribution in [0.5, 0.6) is 0 Å². The summed E-state index contributed by atoms with van der Waals surface area (Å²) >= 11 is 0. The highest BCUT2D eigenvalue weighted by atomic mass is 16.4. The normalized spacial score (nSPS) is 16.5. The standard InChI is InChI=1S/C6H9N3O2/c1-7-9-3-5(6(10)11)2-8-4-9/h2-3,7H,4H2,1H3,(H,10,11). The summed E-state index contributed by atoms with van der Waals surface area (Å²) in [6.45, 7) is 0.452. The quantitative estimate of drug-likeness (QED) is 0.560. The van der Waals surface area contributed by atoms with Gasteiger partial charge in [-0.1, -0.05) is 0 Å². The van der Waals surface area contributed by atoms with Crippen LogP contribution in [0.1, 0.15) is 0 Å². The molecule has 2 N–H and O–H groups in total. The fraction of sp³-hybridized carbons (Fsp3) is 0.333. The lowest BCUT2D eigenvalue weighted by Gasteiger charge is -2.19. The average Bonchev–Trinajstić information content (AvgIpc) is 2.05. The number of nitrogens with zero attached hydrogens (tertiary/aromatic N) is 2. The van der Waals surface area contributed by atoms with Crippen molar-refractivity contribution in [1.82, 2.24) is 10.4 Å². The van der Waals surface area contributed by atoms with Gasteiger partial charge in [-0.05, 0) is 0 Å². The van der Waals surface area contributed by atoms with E-state index < -0.39 is 5.97 Å². The van der Waals surface area contributed by atoms with Crippen molar-refractivity contribution < 1.29 is 9.90 Å². The van der Waals surface area contributed by atoms with Crippen molar-refractivity contribution in [1.29, 1.82) is 0 Å². The molecule has 1 aliphatic rings. The maximum absolute atomic E-state index is 10.4. The number of nitrogens with one attached hydrogen (secondary N) is 1. The number of hydrazine groups is 1. The fourth-order valence-corrected chi connectivity index (χ4v) is 0.715. The van der Waals surface area contributed by atoms with Crippen LogP contribution in [-0.4, -0.2) is 36.0 Å². The van der Waals surface area contributed by atoms with E-state index in [1.807, 2.05) is 0 Å². The molecule has 0 saturated heterocycles. The van der Waals surface area contributed by atoms with Crippen LogP contribution >= 0.6 is 0 Å². The van der Waals surface area contributed by atoms with Gasteiger partial charge < -0.3 is 5.11 Å². The zero-order valence-corrected chi connectivity index (χ0v) is 6.11. The Hall–Kier alpha value is -1.36. The molecule has 0 fully saturated rings. The number of hydrogen-bond acceptors (Lipinski definition) is 4. The lowest BCUT2D eigenvalue weighted by Crippen LogP contribution is -2.33. The largest absolute Gasteiger partial charge is 0.478 e. The van der Waals surface area contributed by atoms with Gasteiger partial charge in [0.15, 0.2) is 0 Å². The Labute approximate surface area is 64.0 Å². The van der Waals surface area contributed by atoms with Crippen molar-refractivity contribution in [2.45, 2.75) is 0 Å². The molecule has 0 aromatic rings. The van der Waals surface area contributed by atoms with Crippen LogP contribution in [0.25, 0.3) is 0 Å². The molecule has 1 aliphatic heterocycles. The Kier molecular flexibility index (Phi) is 2.22. The lowest BCUT2D eigenvalue weighted by molar-refractivity contribution is -0.132. The Balaban J connectivity index is 2.71. The van der Waals surface area contributed by atoms with Gasteiger partial charge in [-0.15, -0.1) is 0 Å². The minimum atomic E-state index is -0.964. The molecule has 11 heavy (non-hydrogen) atoms. The average molecular weight is 155 g/mol.